The monoisotopic (exact) mass is 279 g/mol. The van der Waals surface area contributed by atoms with Gasteiger partial charge >= 0.3 is 5.97 Å². The number of carbonyl (C=O) groups excluding carboxylic acids is 1. The van der Waals surface area contributed by atoms with Crippen LogP contribution in [0.2, 0.25) is 0 Å². The van der Waals surface area contributed by atoms with Crippen molar-refractivity contribution in [3.05, 3.63) is 65.0 Å². The van der Waals surface area contributed by atoms with Crippen LogP contribution in [0.5, 0.6) is 5.75 Å². The minimum absolute atomic E-state index is 0.281. The molecule has 0 atom stereocenters. The summed E-state index contributed by atoms with van der Waals surface area (Å²) in [7, 11) is 0. The molecule has 0 amide bonds. The molecule has 4 heteroatoms. The fourth-order valence-corrected chi connectivity index (χ4v) is 2.33. The second-order valence-corrected chi connectivity index (χ2v) is 4.66. The summed E-state index contributed by atoms with van der Waals surface area (Å²) in [5, 5.41) is 0.700. The SMILES string of the molecule is CC(=O)Oc1c(-c2ccccc2)c(=O)[nH]c2ccccc12. The van der Waals surface area contributed by atoms with Crippen molar-refractivity contribution in [3.63, 3.8) is 0 Å². The molecule has 3 aromatic rings. The fourth-order valence-electron chi connectivity index (χ4n) is 2.33. The molecule has 1 aromatic heterocycles. The Morgan fingerprint density at radius 1 is 1.00 bits per heavy atom. The summed E-state index contributed by atoms with van der Waals surface area (Å²) in [4.78, 5) is 26.6. The van der Waals surface area contributed by atoms with Crippen molar-refractivity contribution in [1.29, 1.82) is 0 Å². The van der Waals surface area contributed by atoms with Crippen molar-refractivity contribution >= 4 is 16.9 Å². The molecule has 21 heavy (non-hydrogen) atoms. The Labute approximate surface area is 121 Å². The van der Waals surface area contributed by atoms with Crippen LogP contribution in [0.25, 0.3) is 22.0 Å². The second kappa shape index (κ2) is 5.25. The summed E-state index contributed by atoms with van der Waals surface area (Å²) in [5.41, 5.74) is 1.43. The Morgan fingerprint density at radius 2 is 1.67 bits per heavy atom. The number of benzene rings is 2. The highest BCUT2D eigenvalue weighted by Gasteiger charge is 2.17. The minimum atomic E-state index is -0.456. The Balaban J connectivity index is 2.40. The first kappa shape index (κ1) is 13.1. The van der Waals surface area contributed by atoms with Crippen LogP contribution in [0.15, 0.2) is 59.4 Å². The molecule has 0 aliphatic heterocycles. The van der Waals surface area contributed by atoms with Crippen LogP contribution in [0.3, 0.4) is 0 Å². The van der Waals surface area contributed by atoms with E-state index in [4.69, 9.17) is 4.74 Å². The van der Waals surface area contributed by atoms with Gasteiger partial charge in [-0.05, 0) is 17.7 Å². The first-order chi connectivity index (χ1) is 10.2. The zero-order valence-corrected chi connectivity index (χ0v) is 11.4. The number of fused-ring (bicyclic) bond motifs is 1. The zero-order chi connectivity index (χ0) is 14.8. The van der Waals surface area contributed by atoms with Gasteiger partial charge in [0, 0.05) is 12.3 Å². The van der Waals surface area contributed by atoms with Crippen molar-refractivity contribution < 1.29 is 9.53 Å². The van der Waals surface area contributed by atoms with Gasteiger partial charge in [-0.1, -0.05) is 42.5 Å². The molecule has 3 rings (SSSR count). The van der Waals surface area contributed by atoms with E-state index in [1.54, 1.807) is 6.07 Å². The van der Waals surface area contributed by atoms with E-state index >= 15 is 0 Å². The first-order valence-corrected chi connectivity index (χ1v) is 6.55. The smallest absolute Gasteiger partial charge is 0.308 e. The molecule has 104 valence electrons. The lowest BCUT2D eigenvalue weighted by Crippen LogP contribution is -2.14. The number of aromatic amines is 1. The standard InChI is InChI=1S/C17H13NO3/c1-11(19)21-16-13-9-5-6-10-14(13)18-17(20)15(16)12-7-3-2-4-8-12/h2-10H,1H3,(H,18,20). The third kappa shape index (κ3) is 2.43. The molecule has 0 aliphatic carbocycles. The molecule has 0 saturated carbocycles. The molecule has 0 radical (unpaired) electrons. The first-order valence-electron chi connectivity index (χ1n) is 6.55. The molecule has 1 heterocycles. The maximum atomic E-state index is 12.4. The number of para-hydroxylation sites is 1. The van der Waals surface area contributed by atoms with E-state index in [1.165, 1.54) is 6.92 Å². The zero-order valence-electron chi connectivity index (χ0n) is 11.4. The van der Waals surface area contributed by atoms with Gasteiger partial charge in [0.25, 0.3) is 5.56 Å². The summed E-state index contributed by atoms with van der Waals surface area (Å²) in [5.74, 6) is -0.156. The van der Waals surface area contributed by atoms with Crippen molar-refractivity contribution in [1.82, 2.24) is 4.98 Å². The summed E-state index contributed by atoms with van der Waals surface area (Å²) < 4.78 is 5.33. The Kier molecular flexibility index (Phi) is 3.28. The van der Waals surface area contributed by atoms with Gasteiger partial charge in [-0.25, -0.2) is 0 Å². The molecular formula is C17H13NO3. The number of pyridine rings is 1. The number of ether oxygens (including phenoxy) is 1. The number of hydrogen-bond donors (Lipinski definition) is 1. The van der Waals surface area contributed by atoms with Crippen LogP contribution in [0, 0.1) is 0 Å². The van der Waals surface area contributed by atoms with Crippen LogP contribution < -0.4 is 10.3 Å². The van der Waals surface area contributed by atoms with Crippen LogP contribution in [0.1, 0.15) is 6.92 Å². The van der Waals surface area contributed by atoms with Crippen LogP contribution in [0.4, 0.5) is 0 Å². The number of H-pyrrole nitrogens is 1. The number of nitrogens with one attached hydrogen (secondary N) is 1. The molecule has 0 spiro atoms. The lowest BCUT2D eigenvalue weighted by atomic mass is 10.0. The molecular weight excluding hydrogens is 266 g/mol. The van der Waals surface area contributed by atoms with Crippen molar-refractivity contribution in [2.45, 2.75) is 6.92 Å². The van der Waals surface area contributed by atoms with Crippen molar-refractivity contribution in [3.8, 4) is 16.9 Å². The van der Waals surface area contributed by atoms with E-state index in [1.807, 2.05) is 48.5 Å². The van der Waals surface area contributed by atoms with E-state index in [-0.39, 0.29) is 5.56 Å². The Bertz CT molecular complexity index is 866. The fraction of sp³-hybridized carbons (Fsp3) is 0.0588. The second-order valence-electron chi connectivity index (χ2n) is 4.66. The third-order valence-corrected chi connectivity index (χ3v) is 3.18. The highest BCUT2D eigenvalue weighted by molar-refractivity contribution is 5.94. The number of hydrogen-bond acceptors (Lipinski definition) is 3. The summed E-state index contributed by atoms with van der Waals surface area (Å²) in [6.45, 7) is 1.32. The van der Waals surface area contributed by atoms with Gasteiger partial charge in [-0.3, -0.25) is 9.59 Å². The topological polar surface area (TPSA) is 59.2 Å². The molecule has 0 saturated heterocycles. The van der Waals surface area contributed by atoms with E-state index < -0.39 is 5.97 Å². The lowest BCUT2D eigenvalue weighted by Gasteiger charge is -2.11. The molecule has 0 unspecified atom stereocenters. The van der Waals surface area contributed by atoms with Gasteiger partial charge in [0.2, 0.25) is 0 Å². The summed E-state index contributed by atoms with van der Waals surface area (Å²) in [6.07, 6.45) is 0. The number of esters is 1. The number of carbonyl (C=O) groups is 1. The normalized spacial score (nSPS) is 10.5. The average Bonchev–Trinajstić information content (AvgIpc) is 2.47. The third-order valence-electron chi connectivity index (χ3n) is 3.18. The average molecular weight is 279 g/mol. The van der Waals surface area contributed by atoms with E-state index in [0.29, 0.717) is 27.8 Å². The molecule has 0 bridgehead atoms. The lowest BCUT2D eigenvalue weighted by molar-refractivity contribution is -0.131. The number of rotatable bonds is 2. The molecule has 0 aliphatic rings. The van der Waals surface area contributed by atoms with Gasteiger partial charge < -0.3 is 9.72 Å². The highest BCUT2D eigenvalue weighted by atomic mass is 16.5. The van der Waals surface area contributed by atoms with Gasteiger partial charge in [0.05, 0.1) is 11.1 Å². The maximum absolute atomic E-state index is 12.4. The van der Waals surface area contributed by atoms with Gasteiger partial charge in [-0.15, -0.1) is 0 Å². The van der Waals surface area contributed by atoms with Crippen LogP contribution >= 0.6 is 0 Å². The van der Waals surface area contributed by atoms with Gasteiger partial charge in [-0.2, -0.15) is 0 Å². The van der Waals surface area contributed by atoms with Crippen molar-refractivity contribution in [2.24, 2.45) is 0 Å². The summed E-state index contributed by atoms with van der Waals surface area (Å²) in [6, 6.07) is 16.4. The largest absolute Gasteiger partial charge is 0.425 e. The molecule has 2 aromatic carbocycles. The highest BCUT2D eigenvalue weighted by Crippen LogP contribution is 2.33. The molecule has 4 nitrogen and oxygen atoms in total. The predicted octanol–water partition coefficient (Wildman–Crippen LogP) is 3.12. The van der Waals surface area contributed by atoms with Gasteiger partial charge in [0.15, 0.2) is 5.75 Å². The Morgan fingerprint density at radius 3 is 2.38 bits per heavy atom. The van der Waals surface area contributed by atoms with E-state index in [2.05, 4.69) is 4.98 Å². The molecule has 0 fully saturated rings. The number of aromatic nitrogens is 1. The summed E-state index contributed by atoms with van der Waals surface area (Å²) >= 11 is 0. The van der Waals surface area contributed by atoms with E-state index in [9.17, 15) is 9.59 Å². The Hall–Kier alpha value is -2.88. The van der Waals surface area contributed by atoms with Crippen molar-refractivity contribution in [2.75, 3.05) is 0 Å². The maximum Gasteiger partial charge on any atom is 0.308 e. The minimum Gasteiger partial charge on any atom is -0.425 e. The van der Waals surface area contributed by atoms with Crippen LogP contribution in [-0.4, -0.2) is 11.0 Å². The quantitative estimate of drug-likeness (QED) is 0.733. The van der Waals surface area contributed by atoms with Gasteiger partial charge in [0.1, 0.15) is 0 Å². The van der Waals surface area contributed by atoms with Crippen LogP contribution in [-0.2, 0) is 4.79 Å². The molecule has 1 N–H and O–H groups in total. The van der Waals surface area contributed by atoms with E-state index in [0.717, 1.165) is 0 Å². The predicted molar refractivity (Wildman–Crippen MR) is 81.3 cm³/mol.